The number of carbonyl (C=O) groups is 1. The van der Waals surface area contributed by atoms with Gasteiger partial charge in [0, 0.05) is 42.0 Å². The Morgan fingerprint density at radius 1 is 0.971 bits per heavy atom. The second-order valence-corrected chi connectivity index (χ2v) is 8.90. The molecule has 0 aromatic carbocycles. The number of amides is 1. The minimum Gasteiger partial charge on any atom is -0.370 e. The number of pyridine rings is 3. The van der Waals surface area contributed by atoms with Crippen molar-refractivity contribution in [2.75, 3.05) is 23.3 Å². The Labute approximate surface area is 202 Å². The molecule has 35 heavy (non-hydrogen) atoms. The highest BCUT2D eigenvalue weighted by Gasteiger charge is 2.18. The number of piperidine rings is 1. The van der Waals surface area contributed by atoms with Crippen molar-refractivity contribution in [3.05, 3.63) is 49.2 Å². The van der Waals surface area contributed by atoms with Crippen LogP contribution in [0.5, 0.6) is 0 Å². The number of hydrogen-bond acceptors (Lipinski definition) is 6. The maximum absolute atomic E-state index is 11.8. The highest BCUT2D eigenvalue weighted by atomic mass is 16.1. The molecule has 1 aliphatic heterocycles. The van der Waals surface area contributed by atoms with Crippen LogP contribution in [-0.2, 0) is 4.79 Å². The molecule has 0 saturated carbocycles. The number of carbonyl (C=O) groups excluding carboxylic acids is 1. The first-order chi connectivity index (χ1) is 17.2. The van der Waals surface area contributed by atoms with Crippen LogP contribution in [0.2, 0.25) is 0 Å². The highest BCUT2D eigenvalue weighted by molar-refractivity contribution is 6.00. The monoisotopic (exact) mass is 466 g/mol. The SMILES string of the molecule is CCC(=O)Nc1cncc(-c2cc3c(-c4cc5c(N6CCCCC6)cncc5[nH]4)n[nH]c3cn2)c1. The summed E-state index contributed by atoms with van der Waals surface area (Å²) in [6, 6.07) is 6.05. The van der Waals surface area contributed by atoms with Gasteiger partial charge in [-0.1, -0.05) is 6.92 Å². The van der Waals surface area contributed by atoms with Crippen LogP contribution in [0.1, 0.15) is 32.6 Å². The van der Waals surface area contributed by atoms with E-state index < -0.39 is 0 Å². The molecule has 6 heterocycles. The zero-order valence-corrected chi connectivity index (χ0v) is 19.5. The second-order valence-electron chi connectivity index (χ2n) is 8.90. The molecule has 5 aromatic heterocycles. The number of aromatic nitrogens is 6. The van der Waals surface area contributed by atoms with Crippen molar-refractivity contribution in [2.24, 2.45) is 0 Å². The minimum absolute atomic E-state index is 0.0540. The lowest BCUT2D eigenvalue weighted by Crippen LogP contribution is -2.29. The van der Waals surface area contributed by atoms with Crippen molar-refractivity contribution in [2.45, 2.75) is 32.6 Å². The summed E-state index contributed by atoms with van der Waals surface area (Å²) >= 11 is 0. The lowest BCUT2D eigenvalue weighted by Gasteiger charge is -2.28. The normalized spacial score (nSPS) is 14.0. The molecule has 6 rings (SSSR count). The van der Waals surface area contributed by atoms with Crippen molar-refractivity contribution < 1.29 is 4.79 Å². The number of H-pyrrole nitrogens is 2. The Hall–Kier alpha value is -4.27. The van der Waals surface area contributed by atoms with Crippen LogP contribution in [0.3, 0.4) is 0 Å². The van der Waals surface area contributed by atoms with Gasteiger partial charge in [0.1, 0.15) is 5.69 Å². The fraction of sp³-hybridized carbons (Fsp3) is 0.269. The number of hydrogen-bond donors (Lipinski definition) is 3. The Bertz CT molecular complexity index is 1530. The van der Waals surface area contributed by atoms with E-state index in [4.69, 9.17) is 0 Å². The Balaban J connectivity index is 1.39. The summed E-state index contributed by atoms with van der Waals surface area (Å²) in [5.74, 6) is -0.0540. The summed E-state index contributed by atoms with van der Waals surface area (Å²) in [5.41, 5.74) is 7.00. The van der Waals surface area contributed by atoms with Crippen LogP contribution in [0.15, 0.2) is 49.2 Å². The maximum atomic E-state index is 11.8. The number of nitrogens with zero attached hydrogens (tertiary/aromatic N) is 5. The van der Waals surface area contributed by atoms with Crippen LogP contribution in [0.25, 0.3) is 44.5 Å². The lowest BCUT2D eigenvalue weighted by atomic mass is 10.1. The summed E-state index contributed by atoms with van der Waals surface area (Å²) < 4.78 is 0. The lowest BCUT2D eigenvalue weighted by molar-refractivity contribution is -0.115. The number of rotatable bonds is 5. The average Bonchev–Trinajstić information content (AvgIpc) is 3.53. The van der Waals surface area contributed by atoms with Gasteiger partial charge in [-0.3, -0.25) is 24.8 Å². The van der Waals surface area contributed by atoms with Gasteiger partial charge in [-0.05, 0) is 37.5 Å². The third kappa shape index (κ3) is 3.99. The van der Waals surface area contributed by atoms with Gasteiger partial charge in [0.2, 0.25) is 5.91 Å². The first-order valence-electron chi connectivity index (χ1n) is 12.0. The number of nitrogens with one attached hydrogen (secondary N) is 3. The van der Waals surface area contributed by atoms with Crippen molar-refractivity contribution in [1.29, 1.82) is 0 Å². The molecule has 9 heteroatoms. The molecule has 1 amide bonds. The maximum Gasteiger partial charge on any atom is 0.224 e. The highest BCUT2D eigenvalue weighted by Crippen LogP contribution is 2.34. The van der Waals surface area contributed by atoms with Crippen LogP contribution in [-0.4, -0.2) is 49.1 Å². The van der Waals surface area contributed by atoms with Crippen molar-refractivity contribution in [1.82, 2.24) is 30.1 Å². The van der Waals surface area contributed by atoms with E-state index in [1.54, 1.807) is 18.6 Å². The van der Waals surface area contributed by atoms with Crippen molar-refractivity contribution in [3.8, 4) is 22.6 Å². The van der Waals surface area contributed by atoms with Gasteiger partial charge < -0.3 is 15.2 Å². The quantitative estimate of drug-likeness (QED) is 0.339. The number of fused-ring (bicyclic) bond motifs is 2. The zero-order chi connectivity index (χ0) is 23.8. The summed E-state index contributed by atoms with van der Waals surface area (Å²) in [6.07, 6.45) is 13.1. The molecule has 0 bridgehead atoms. The minimum atomic E-state index is -0.0540. The molecular formula is C26H26N8O. The second kappa shape index (κ2) is 8.83. The van der Waals surface area contributed by atoms with Crippen LogP contribution in [0.4, 0.5) is 11.4 Å². The molecule has 1 fully saturated rings. The molecule has 1 saturated heterocycles. The summed E-state index contributed by atoms with van der Waals surface area (Å²) in [5, 5.41) is 12.7. The third-order valence-electron chi connectivity index (χ3n) is 6.56. The molecule has 0 unspecified atom stereocenters. The molecule has 1 aliphatic rings. The van der Waals surface area contributed by atoms with E-state index in [2.05, 4.69) is 46.4 Å². The largest absolute Gasteiger partial charge is 0.370 e. The van der Waals surface area contributed by atoms with Gasteiger partial charge in [0.15, 0.2) is 0 Å². The first kappa shape index (κ1) is 21.3. The number of aromatic amines is 2. The van der Waals surface area contributed by atoms with Gasteiger partial charge in [0.25, 0.3) is 0 Å². The van der Waals surface area contributed by atoms with E-state index in [-0.39, 0.29) is 5.91 Å². The molecule has 5 aromatic rings. The van der Waals surface area contributed by atoms with Crippen LogP contribution >= 0.6 is 0 Å². The molecule has 0 atom stereocenters. The molecular weight excluding hydrogens is 440 g/mol. The standard InChI is InChI=1S/C26H26N8O/c1-2-25(35)30-17-8-16(11-27-12-17)20-10-19-23(14-29-20)32-33-26(19)21-9-18-22(31-21)13-28-15-24(18)34-6-4-3-5-7-34/h8-15,31H,2-7H2,1H3,(H,30,35)(H,32,33). The fourth-order valence-corrected chi connectivity index (χ4v) is 4.73. The van der Waals surface area contributed by atoms with E-state index in [9.17, 15) is 4.79 Å². The van der Waals surface area contributed by atoms with Crippen LogP contribution < -0.4 is 10.2 Å². The zero-order valence-electron chi connectivity index (χ0n) is 19.5. The molecule has 0 aliphatic carbocycles. The summed E-state index contributed by atoms with van der Waals surface area (Å²) in [4.78, 5) is 31.1. The average molecular weight is 467 g/mol. The van der Waals surface area contributed by atoms with Crippen molar-refractivity contribution >= 4 is 39.1 Å². The van der Waals surface area contributed by atoms with Crippen LogP contribution in [0, 0.1) is 0 Å². The van der Waals surface area contributed by atoms with E-state index in [1.165, 1.54) is 24.9 Å². The first-order valence-corrected chi connectivity index (χ1v) is 12.0. The predicted molar refractivity (Wildman–Crippen MR) is 137 cm³/mol. The Morgan fingerprint density at radius 3 is 2.69 bits per heavy atom. The summed E-state index contributed by atoms with van der Waals surface area (Å²) in [7, 11) is 0. The van der Waals surface area contributed by atoms with Crippen molar-refractivity contribution in [3.63, 3.8) is 0 Å². The molecule has 3 N–H and O–H groups in total. The van der Waals surface area contributed by atoms with E-state index in [0.29, 0.717) is 12.1 Å². The number of anilines is 2. The summed E-state index contributed by atoms with van der Waals surface area (Å²) in [6.45, 7) is 3.94. The third-order valence-corrected chi connectivity index (χ3v) is 6.56. The molecule has 176 valence electrons. The topological polar surface area (TPSA) is 115 Å². The van der Waals surface area contributed by atoms with Gasteiger partial charge in [-0.25, -0.2) is 0 Å². The molecule has 9 nitrogen and oxygen atoms in total. The van der Waals surface area contributed by atoms with Gasteiger partial charge in [-0.15, -0.1) is 0 Å². The fourth-order valence-electron chi connectivity index (χ4n) is 4.73. The van der Waals surface area contributed by atoms with E-state index in [1.807, 2.05) is 31.5 Å². The van der Waals surface area contributed by atoms with Gasteiger partial charge in [-0.2, -0.15) is 5.10 Å². The molecule has 0 radical (unpaired) electrons. The Kier molecular flexibility index (Phi) is 5.36. The van der Waals surface area contributed by atoms with Gasteiger partial charge in [0.05, 0.1) is 58.6 Å². The van der Waals surface area contributed by atoms with E-state index in [0.717, 1.165) is 57.5 Å². The molecule has 0 spiro atoms. The van der Waals surface area contributed by atoms with Gasteiger partial charge >= 0.3 is 0 Å². The smallest absolute Gasteiger partial charge is 0.224 e. The predicted octanol–water partition coefficient (Wildman–Crippen LogP) is 4.90. The van der Waals surface area contributed by atoms with E-state index >= 15 is 0 Å². The Morgan fingerprint density at radius 2 is 1.83 bits per heavy atom.